The predicted molar refractivity (Wildman–Crippen MR) is 82.5 cm³/mol. The molecule has 0 spiro atoms. The van der Waals surface area contributed by atoms with Crippen LogP contribution in [-0.4, -0.2) is 48.4 Å². The van der Waals surface area contributed by atoms with Gasteiger partial charge < -0.3 is 15.5 Å². The summed E-state index contributed by atoms with van der Waals surface area (Å²) in [5.41, 5.74) is 0. The highest BCUT2D eigenvalue weighted by Crippen LogP contribution is 1.97. The molecule has 118 valence electrons. The number of amides is 2. The molecule has 0 bridgehead atoms. The van der Waals surface area contributed by atoms with Crippen LogP contribution in [-0.2, 0) is 9.59 Å². The molecule has 0 heterocycles. The van der Waals surface area contributed by atoms with Crippen molar-refractivity contribution in [1.82, 2.24) is 15.5 Å². The number of rotatable bonds is 10. The van der Waals surface area contributed by atoms with Crippen LogP contribution in [0.25, 0.3) is 0 Å². The number of hydrogen-bond acceptors (Lipinski definition) is 3. The van der Waals surface area contributed by atoms with Crippen LogP contribution in [0.5, 0.6) is 0 Å². The third-order valence-electron chi connectivity index (χ3n) is 3.63. The first kappa shape index (κ1) is 18.9. The van der Waals surface area contributed by atoms with Crippen LogP contribution < -0.4 is 10.6 Å². The SMILES string of the molecule is CCC(CC)NC(=O)C(C)NCCC(=O)N(CC)CC. The molecule has 5 nitrogen and oxygen atoms in total. The van der Waals surface area contributed by atoms with Crippen LogP contribution in [0.15, 0.2) is 0 Å². The summed E-state index contributed by atoms with van der Waals surface area (Å²) in [6, 6.07) is -0.0239. The molecule has 5 heteroatoms. The second-order valence-electron chi connectivity index (χ2n) is 5.01. The maximum atomic E-state index is 11.9. The second kappa shape index (κ2) is 10.7. The minimum absolute atomic E-state index is 0.00832. The highest BCUT2D eigenvalue weighted by Gasteiger charge is 2.16. The molecule has 0 saturated heterocycles. The van der Waals surface area contributed by atoms with E-state index < -0.39 is 0 Å². The average Bonchev–Trinajstić information content (AvgIpc) is 2.45. The summed E-state index contributed by atoms with van der Waals surface area (Å²) in [5.74, 6) is 0.143. The molecular weight excluding hydrogens is 254 g/mol. The maximum Gasteiger partial charge on any atom is 0.237 e. The Bertz CT molecular complexity index is 287. The Labute approximate surface area is 123 Å². The summed E-state index contributed by atoms with van der Waals surface area (Å²) >= 11 is 0. The lowest BCUT2D eigenvalue weighted by Crippen LogP contribution is -2.46. The van der Waals surface area contributed by atoms with Gasteiger partial charge in [0.05, 0.1) is 6.04 Å². The number of nitrogens with zero attached hydrogens (tertiary/aromatic N) is 1. The van der Waals surface area contributed by atoms with Gasteiger partial charge in [0.15, 0.2) is 0 Å². The summed E-state index contributed by atoms with van der Waals surface area (Å²) in [6.07, 6.45) is 2.31. The van der Waals surface area contributed by atoms with Gasteiger partial charge in [-0.25, -0.2) is 0 Å². The van der Waals surface area contributed by atoms with E-state index in [1.165, 1.54) is 0 Å². The molecule has 0 aromatic rings. The Kier molecular flexibility index (Phi) is 10.1. The van der Waals surface area contributed by atoms with Crippen molar-refractivity contribution in [1.29, 1.82) is 0 Å². The van der Waals surface area contributed by atoms with Crippen LogP contribution >= 0.6 is 0 Å². The Hall–Kier alpha value is -1.10. The normalized spacial score (nSPS) is 12.3. The van der Waals surface area contributed by atoms with Crippen molar-refractivity contribution in [3.8, 4) is 0 Å². The molecule has 0 aliphatic carbocycles. The van der Waals surface area contributed by atoms with Crippen molar-refractivity contribution in [3.63, 3.8) is 0 Å². The average molecular weight is 285 g/mol. The molecular formula is C15H31N3O2. The molecule has 0 aromatic heterocycles. The van der Waals surface area contributed by atoms with E-state index in [2.05, 4.69) is 24.5 Å². The van der Waals surface area contributed by atoms with Gasteiger partial charge in [0, 0.05) is 32.1 Å². The smallest absolute Gasteiger partial charge is 0.237 e. The van der Waals surface area contributed by atoms with E-state index in [-0.39, 0.29) is 23.9 Å². The molecule has 1 atom stereocenters. The minimum Gasteiger partial charge on any atom is -0.352 e. The molecule has 0 aromatic carbocycles. The highest BCUT2D eigenvalue weighted by atomic mass is 16.2. The van der Waals surface area contributed by atoms with Gasteiger partial charge in [-0.3, -0.25) is 9.59 Å². The van der Waals surface area contributed by atoms with E-state index in [1.807, 2.05) is 20.8 Å². The van der Waals surface area contributed by atoms with Gasteiger partial charge in [0.1, 0.15) is 0 Å². The van der Waals surface area contributed by atoms with Crippen LogP contribution in [0.4, 0.5) is 0 Å². The van der Waals surface area contributed by atoms with Crippen molar-refractivity contribution < 1.29 is 9.59 Å². The number of carbonyl (C=O) groups excluding carboxylic acids is 2. The van der Waals surface area contributed by atoms with Crippen molar-refractivity contribution in [2.45, 2.75) is 66.0 Å². The van der Waals surface area contributed by atoms with Gasteiger partial charge in [-0.05, 0) is 33.6 Å². The van der Waals surface area contributed by atoms with E-state index in [0.717, 1.165) is 25.9 Å². The van der Waals surface area contributed by atoms with E-state index >= 15 is 0 Å². The number of carbonyl (C=O) groups is 2. The highest BCUT2D eigenvalue weighted by molar-refractivity contribution is 5.81. The van der Waals surface area contributed by atoms with E-state index in [9.17, 15) is 9.59 Å². The first-order chi connectivity index (χ1) is 9.49. The second-order valence-corrected chi connectivity index (χ2v) is 5.01. The lowest BCUT2D eigenvalue weighted by Gasteiger charge is -2.21. The lowest BCUT2D eigenvalue weighted by molar-refractivity contribution is -0.131. The van der Waals surface area contributed by atoms with Gasteiger partial charge in [0.25, 0.3) is 0 Å². The van der Waals surface area contributed by atoms with Crippen LogP contribution in [0.2, 0.25) is 0 Å². The van der Waals surface area contributed by atoms with Crippen LogP contribution in [0.1, 0.15) is 53.9 Å². The third kappa shape index (κ3) is 6.89. The zero-order valence-corrected chi connectivity index (χ0v) is 13.7. The first-order valence-electron chi connectivity index (χ1n) is 7.81. The predicted octanol–water partition coefficient (Wildman–Crippen LogP) is 1.53. The van der Waals surface area contributed by atoms with Gasteiger partial charge in [0.2, 0.25) is 11.8 Å². The molecule has 2 amide bonds. The fourth-order valence-corrected chi connectivity index (χ4v) is 2.04. The molecule has 0 aliphatic heterocycles. The summed E-state index contributed by atoms with van der Waals surface area (Å²) in [6.45, 7) is 11.9. The molecule has 2 N–H and O–H groups in total. The standard InChI is InChI=1S/C15H31N3O2/c1-6-13(7-2)17-15(20)12(5)16-11-10-14(19)18(8-3)9-4/h12-13,16H,6-11H2,1-5H3,(H,17,20). The fraction of sp³-hybridized carbons (Fsp3) is 0.867. The molecule has 0 fully saturated rings. The summed E-state index contributed by atoms with van der Waals surface area (Å²) < 4.78 is 0. The quantitative estimate of drug-likeness (QED) is 0.640. The summed E-state index contributed by atoms with van der Waals surface area (Å²) in [5, 5.41) is 6.11. The van der Waals surface area contributed by atoms with E-state index in [0.29, 0.717) is 13.0 Å². The Morgan fingerprint density at radius 3 is 2.05 bits per heavy atom. The zero-order chi connectivity index (χ0) is 15.5. The van der Waals surface area contributed by atoms with Crippen molar-refractivity contribution in [2.24, 2.45) is 0 Å². The van der Waals surface area contributed by atoms with E-state index in [1.54, 1.807) is 4.90 Å². The fourth-order valence-electron chi connectivity index (χ4n) is 2.04. The monoisotopic (exact) mass is 285 g/mol. The Balaban J connectivity index is 4.01. The lowest BCUT2D eigenvalue weighted by atomic mass is 10.1. The summed E-state index contributed by atoms with van der Waals surface area (Å²) in [4.78, 5) is 25.5. The molecule has 1 unspecified atom stereocenters. The topological polar surface area (TPSA) is 61.4 Å². The van der Waals surface area contributed by atoms with Gasteiger partial charge in [-0.2, -0.15) is 0 Å². The largest absolute Gasteiger partial charge is 0.352 e. The Morgan fingerprint density at radius 2 is 1.60 bits per heavy atom. The summed E-state index contributed by atoms with van der Waals surface area (Å²) in [7, 11) is 0. The van der Waals surface area contributed by atoms with Crippen molar-refractivity contribution in [3.05, 3.63) is 0 Å². The Morgan fingerprint density at radius 1 is 1.05 bits per heavy atom. The number of hydrogen-bond donors (Lipinski definition) is 2. The molecule has 0 radical (unpaired) electrons. The molecule has 0 aliphatic rings. The molecule has 20 heavy (non-hydrogen) atoms. The third-order valence-corrected chi connectivity index (χ3v) is 3.63. The maximum absolute atomic E-state index is 11.9. The van der Waals surface area contributed by atoms with E-state index in [4.69, 9.17) is 0 Å². The first-order valence-corrected chi connectivity index (χ1v) is 7.81. The van der Waals surface area contributed by atoms with Gasteiger partial charge in [-0.15, -0.1) is 0 Å². The van der Waals surface area contributed by atoms with Crippen molar-refractivity contribution >= 4 is 11.8 Å². The molecule has 0 rings (SSSR count). The van der Waals surface area contributed by atoms with Crippen LogP contribution in [0, 0.1) is 0 Å². The van der Waals surface area contributed by atoms with Gasteiger partial charge >= 0.3 is 0 Å². The minimum atomic E-state index is -0.264. The zero-order valence-electron chi connectivity index (χ0n) is 13.7. The van der Waals surface area contributed by atoms with Gasteiger partial charge in [-0.1, -0.05) is 13.8 Å². The molecule has 0 saturated carbocycles. The van der Waals surface area contributed by atoms with Crippen LogP contribution in [0.3, 0.4) is 0 Å². The van der Waals surface area contributed by atoms with Crippen molar-refractivity contribution in [2.75, 3.05) is 19.6 Å². The number of nitrogens with one attached hydrogen (secondary N) is 2.